The number of rotatable bonds is 6. The molecule has 0 radical (unpaired) electrons. The van der Waals surface area contributed by atoms with Crippen molar-refractivity contribution in [1.29, 1.82) is 0 Å². The van der Waals surface area contributed by atoms with Crippen LogP contribution in [0.1, 0.15) is 25.3 Å². The van der Waals surface area contributed by atoms with Crippen LogP contribution in [0, 0.1) is 0 Å². The Hall–Kier alpha value is 0.0500. The number of benzene rings is 1. The summed E-state index contributed by atoms with van der Waals surface area (Å²) in [6, 6.07) is 5.56. The first-order valence-electron chi connectivity index (χ1n) is 5.38. The minimum Gasteiger partial charge on any atom is -0.313 e. The van der Waals surface area contributed by atoms with Crippen LogP contribution in [0.4, 0.5) is 0 Å². The molecule has 0 heterocycles. The first-order valence-corrected chi connectivity index (χ1v) is 6.57. The molecular formula is C12H16Cl3N. The second kappa shape index (κ2) is 7.39. The Balaban J connectivity index is 2.27. The van der Waals surface area contributed by atoms with Gasteiger partial charge < -0.3 is 5.32 Å². The summed E-state index contributed by atoms with van der Waals surface area (Å²) >= 11 is 17.7. The summed E-state index contributed by atoms with van der Waals surface area (Å²) in [5.41, 5.74) is 1.07. The summed E-state index contributed by atoms with van der Waals surface area (Å²) in [6.45, 7) is 3.74. The Morgan fingerprint density at radius 1 is 1.31 bits per heavy atom. The molecule has 0 aliphatic heterocycles. The van der Waals surface area contributed by atoms with Crippen LogP contribution in [0.2, 0.25) is 10.0 Å². The highest BCUT2D eigenvalue weighted by atomic mass is 35.5. The van der Waals surface area contributed by atoms with Crippen LogP contribution in [-0.4, -0.2) is 11.9 Å². The lowest BCUT2D eigenvalue weighted by atomic mass is 10.2. The van der Waals surface area contributed by atoms with Crippen molar-refractivity contribution in [2.24, 2.45) is 0 Å². The van der Waals surface area contributed by atoms with Gasteiger partial charge in [0.2, 0.25) is 0 Å². The molecule has 16 heavy (non-hydrogen) atoms. The van der Waals surface area contributed by atoms with E-state index < -0.39 is 0 Å². The highest BCUT2D eigenvalue weighted by Gasteiger charge is 2.01. The number of hydrogen-bond donors (Lipinski definition) is 1. The van der Waals surface area contributed by atoms with Crippen LogP contribution in [0.3, 0.4) is 0 Å². The van der Waals surface area contributed by atoms with E-state index in [9.17, 15) is 0 Å². The molecule has 0 bridgehead atoms. The molecular weight excluding hydrogens is 264 g/mol. The van der Waals surface area contributed by atoms with Crippen molar-refractivity contribution in [3.05, 3.63) is 33.8 Å². The average Bonchev–Trinajstić information content (AvgIpc) is 2.20. The minimum atomic E-state index is 0.251. The minimum absolute atomic E-state index is 0.251. The van der Waals surface area contributed by atoms with Gasteiger partial charge in [-0.3, -0.25) is 0 Å². The third kappa shape index (κ3) is 5.40. The van der Waals surface area contributed by atoms with E-state index in [0.717, 1.165) is 31.5 Å². The summed E-state index contributed by atoms with van der Waals surface area (Å²) in [7, 11) is 0. The number of alkyl halides is 1. The molecule has 0 aromatic heterocycles. The van der Waals surface area contributed by atoms with Crippen molar-refractivity contribution in [1.82, 2.24) is 5.32 Å². The summed E-state index contributed by atoms with van der Waals surface area (Å²) in [5, 5.41) is 4.97. The smallest absolute Gasteiger partial charge is 0.0465 e. The van der Waals surface area contributed by atoms with Gasteiger partial charge >= 0.3 is 0 Å². The highest BCUT2D eigenvalue weighted by Crippen LogP contribution is 2.20. The quantitative estimate of drug-likeness (QED) is 0.598. The standard InChI is InChI=1S/C12H16Cl3N/c1-9(13)3-2-6-16-8-10-4-5-11(14)7-12(10)15/h4-5,7,9,16H,2-3,6,8H2,1H3. The van der Waals surface area contributed by atoms with Gasteiger partial charge in [-0.05, 0) is 44.0 Å². The molecule has 1 nitrogen and oxygen atoms in total. The van der Waals surface area contributed by atoms with Crippen molar-refractivity contribution in [3.8, 4) is 0 Å². The Morgan fingerprint density at radius 3 is 2.69 bits per heavy atom. The van der Waals surface area contributed by atoms with Gasteiger partial charge in [-0.25, -0.2) is 0 Å². The van der Waals surface area contributed by atoms with Crippen molar-refractivity contribution in [2.75, 3.05) is 6.54 Å². The molecule has 1 N–H and O–H groups in total. The normalized spacial score (nSPS) is 12.8. The molecule has 1 aromatic carbocycles. The van der Waals surface area contributed by atoms with Crippen LogP contribution in [-0.2, 0) is 6.54 Å². The fourth-order valence-electron chi connectivity index (χ4n) is 1.40. The molecule has 0 amide bonds. The lowest BCUT2D eigenvalue weighted by Gasteiger charge is -2.07. The topological polar surface area (TPSA) is 12.0 Å². The lowest BCUT2D eigenvalue weighted by Crippen LogP contribution is -2.15. The number of nitrogens with one attached hydrogen (secondary N) is 1. The number of hydrogen-bond acceptors (Lipinski definition) is 1. The molecule has 0 aliphatic rings. The summed E-state index contributed by atoms with van der Waals surface area (Å²) in [4.78, 5) is 0. The third-order valence-corrected chi connectivity index (χ3v) is 3.09. The van der Waals surface area contributed by atoms with E-state index in [-0.39, 0.29) is 5.38 Å². The predicted octanol–water partition coefficient (Wildman–Crippen LogP) is 4.49. The van der Waals surface area contributed by atoms with Crippen molar-refractivity contribution in [2.45, 2.75) is 31.7 Å². The van der Waals surface area contributed by atoms with Gasteiger partial charge in [0.1, 0.15) is 0 Å². The van der Waals surface area contributed by atoms with Crippen LogP contribution >= 0.6 is 34.8 Å². The van der Waals surface area contributed by atoms with Crippen LogP contribution in [0.25, 0.3) is 0 Å². The van der Waals surface area contributed by atoms with E-state index in [1.54, 1.807) is 6.07 Å². The molecule has 4 heteroatoms. The van der Waals surface area contributed by atoms with Crippen molar-refractivity contribution >= 4 is 34.8 Å². The summed E-state index contributed by atoms with van der Waals surface area (Å²) in [5.74, 6) is 0. The number of halogens is 3. The molecule has 1 aromatic rings. The van der Waals surface area contributed by atoms with Gasteiger partial charge in [-0.15, -0.1) is 11.6 Å². The maximum Gasteiger partial charge on any atom is 0.0465 e. The Kier molecular flexibility index (Phi) is 6.52. The lowest BCUT2D eigenvalue weighted by molar-refractivity contribution is 0.619. The van der Waals surface area contributed by atoms with Gasteiger partial charge in [0.25, 0.3) is 0 Å². The predicted molar refractivity (Wildman–Crippen MR) is 72.7 cm³/mol. The zero-order chi connectivity index (χ0) is 12.0. The maximum atomic E-state index is 6.05. The average molecular weight is 281 g/mol. The highest BCUT2D eigenvalue weighted by molar-refractivity contribution is 6.35. The van der Waals surface area contributed by atoms with Gasteiger partial charge in [0.05, 0.1) is 0 Å². The second-order valence-electron chi connectivity index (χ2n) is 3.84. The van der Waals surface area contributed by atoms with Crippen LogP contribution < -0.4 is 5.32 Å². The van der Waals surface area contributed by atoms with E-state index >= 15 is 0 Å². The molecule has 0 saturated heterocycles. The fraction of sp³-hybridized carbons (Fsp3) is 0.500. The van der Waals surface area contributed by atoms with Gasteiger partial charge in [-0.1, -0.05) is 29.3 Å². The maximum absolute atomic E-state index is 6.05. The summed E-state index contributed by atoms with van der Waals surface area (Å²) < 4.78 is 0. The molecule has 1 unspecified atom stereocenters. The van der Waals surface area contributed by atoms with E-state index in [0.29, 0.717) is 10.0 Å². The SMILES string of the molecule is CC(Cl)CCCNCc1ccc(Cl)cc1Cl. The molecule has 1 atom stereocenters. The van der Waals surface area contributed by atoms with E-state index in [4.69, 9.17) is 34.8 Å². The molecule has 1 rings (SSSR count). The van der Waals surface area contributed by atoms with Crippen LogP contribution in [0.15, 0.2) is 18.2 Å². The Labute approximate surface area is 112 Å². The zero-order valence-electron chi connectivity index (χ0n) is 9.27. The fourth-order valence-corrected chi connectivity index (χ4v) is 2.03. The van der Waals surface area contributed by atoms with E-state index in [1.165, 1.54) is 0 Å². The Bertz CT molecular complexity index is 326. The molecule has 0 aliphatic carbocycles. The molecule has 0 saturated carbocycles. The van der Waals surface area contributed by atoms with E-state index in [1.807, 2.05) is 19.1 Å². The van der Waals surface area contributed by atoms with E-state index in [2.05, 4.69) is 5.32 Å². The monoisotopic (exact) mass is 279 g/mol. The summed E-state index contributed by atoms with van der Waals surface area (Å²) in [6.07, 6.45) is 2.11. The first-order chi connectivity index (χ1) is 7.59. The first kappa shape index (κ1) is 14.1. The second-order valence-corrected chi connectivity index (χ2v) is 5.42. The van der Waals surface area contributed by atoms with Gasteiger partial charge in [0, 0.05) is 22.0 Å². The van der Waals surface area contributed by atoms with Gasteiger partial charge in [0.15, 0.2) is 0 Å². The zero-order valence-corrected chi connectivity index (χ0v) is 11.5. The molecule has 90 valence electrons. The molecule has 0 fully saturated rings. The van der Waals surface area contributed by atoms with Crippen LogP contribution in [0.5, 0.6) is 0 Å². The largest absolute Gasteiger partial charge is 0.313 e. The van der Waals surface area contributed by atoms with Gasteiger partial charge in [-0.2, -0.15) is 0 Å². The van der Waals surface area contributed by atoms with Crippen molar-refractivity contribution < 1.29 is 0 Å². The third-order valence-electron chi connectivity index (χ3n) is 2.29. The van der Waals surface area contributed by atoms with Crippen molar-refractivity contribution in [3.63, 3.8) is 0 Å². The Morgan fingerprint density at radius 2 is 2.06 bits per heavy atom. The molecule has 0 spiro atoms.